The van der Waals surface area contributed by atoms with Gasteiger partial charge in [0.05, 0.1) is 0 Å². The van der Waals surface area contributed by atoms with E-state index >= 15 is 0 Å². The highest BCUT2D eigenvalue weighted by Crippen LogP contribution is 2.30. The van der Waals surface area contributed by atoms with E-state index in [4.69, 9.17) is 0 Å². The zero-order chi connectivity index (χ0) is 12.3. The van der Waals surface area contributed by atoms with Crippen LogP contribution in [0.1, 0.15) is 23.3 Å². The zero-order valence-corrected chi connectivity index (χ0v) is 11.3. The molecule has 2 atom stereocenters. The van der Waals surface area contributed by atoms with Crippen molar-refractivity contribution in [2.75, 3.05) is 0 Å². The van der Waals surface area contributed by atoms with Gasteiger partial charge >= 0.3 is 0 Å². The maximum absolute atomic E-state index is 10.2. The minimum Gasteiger partial charge on any atom is -0.385 e. The van der Waals surface area contributed by atoms with E-state index in [1.807, 2.05) is 54.6 Å². The molecule has 2 aromatic rings. The third-order valence-electron chi connectivity index (χ3n) is 2.66. The van der Waals surface area contributed by atoms with Crippen molar-refractivity contribution >= 4 is 22.6 Å². The third-order valence-corrected chi connectivity index (χ3v) is 3.65. The number of hydrogen-bond acceptors (Lipinski definition) is 2. The minimum absolute atomic E-state index is 0.722. The van der Waals surface area contributed by atoms with Gasteiger partial charge in [0.2, 0.25) is 0 Å². The molecule has 0 aliphatic heterocycles. The van der Waals surface area contributed by atoms with E-state index < -0.39 is 12.2 Å². The van der Waals surface area contributed by atoms with Gasteiger partial charge in [-0.05, 0) is 39.8 Å². The largest absolute Gasteiger partial charge is 0.385 e. The van der Waals surface area contributed by atoms with Gasteiger partial charge in [-0.1, -0.05) is 48.5 Å². The minimum atomic E-state index is -0.898. The lowest BCUT2D eigenvalue weighted by Gasteiger charge is -2.19. The Hall–Kier alpha value is -0.910. The van der Waals surface area contributed by atoms with Crippen LogP contribution in [0.4, 0.5) is 0 Å². The maximum Gasteiger partial charge on any atom is 0.110 e. The summed E-state index contributed by atoms with van der Waals surface area (Å²) in [6.45, 7) is 0. The molecule has 2 unspecified atom stereocenters. The third kappa shape index (κ3) is 2.86. The fourth-order valence-electron chi connectivity index (χ4n) is 1.72. The van der Waals surface area contributed by atoms with E-state index in [1.54, 1.807) is 0 Å². The van der Waals surface area contributed by atoms with Gasteiger partial charge in [0.15, 0.2) is 0 Å². The highest BCUT2D eigenvalue weighted by molar-refractivity contribution is 14.1. The van der Waals surface area contributed by atoms with Gasteiger partial charge in [-0.25, -0.2) is 0 Å². The Labute approximate surface area is 114 Å². The van der Waals surface area contributed by atoms with Crippen LogP contribution < -0.4 is 0 Å². The Bertz CT molecular complexity index is 485. The molecule has 0 bridgehead atoms. The molecule has 3 heteroatoms. The molecule has 2 aromatic carbocycles. The van der Waals surface area contributed by atoms with E-state index in [-0.39, 0.29) is 0 Å². The molecule has 2 nitrogen and oxygen atoms in total. The van der Waals surface area contributed by atoms with Crippen LogP contribution in [0.25, 0.3) is 0 Å². The number of hydrogen-bond donors (Lipinski definition) is 2. The van der Waals surface area contributed by atoms with Gasteiger partial charge in [0.25, 0.3) is 0 Å². The first-order valence-corrected chi connectivity index (χ1v) is 6.43. The highest BCUT2D eigenvalue weighted by Gasteiger charge is 2.21. The standard InChI is InChI=1S/C14H13IO2/c15-12-9-5-4-8-11(12)14(17)13(16)10-6-2-1-3-7-10/h1-9,13-14,16-17H. The second-order valence-corrected chi connectivity index (χ2v) is 4.98. The van der Waals surface area contributed by atoms with Crippen molar-refractivity contribution in [3.63, 3.8) is 0 Å². The first-order valence-electron chi connectivity index (χ1n) is 5.35. The fourth-order valence-corrected chi connectivity index (χ4v) is 2.42. The lowest BCUT2D eigenvalue weighted by atomic mass is 9.98. The lowest BCUT2D eigenvalue weighted by Crippen LogP contribution is -2.11. The second kappa shape index (κ2) is 5.62. The van der Waals surface area contributed by atoms with Gasteiger partial charge in [0, 0.05) is 3.57 Å². The number of aliphatic hydroxyl groups excluding tert-OH is 2. The summed E-state index contributed by atoms with van der Waals surface area (Å²) >= 11 is 2.16. The Kier molecular flexibility index (Phi) is 4.15. The second-order valence-electron chi connectivity index (χ2n) is 3.82. The molecule has 0 aliphatic carbocycles. The summed E-state index contributed by atoms with van der Waals surface area (Å²) in [5, 5.41) is 20.3. The molecule has 88 valence electrons. The number of benzene rings is 2. The zero-order valence-electron chi connectivity index (χ0n) is 9.12. The van der Waals surface area contributed by atoms with Gasteiger partial charge < -0.3 is 10.2 Å². The molecule has 0 amide bonds. The van der Waals surface area contributed by atoms with Crippen molar-refractivity contribution < 1.29 is 10.2 Å². The van der Waals surface area contributed by atoms with Crippen LogP contribution in [0.15, 0.2) is 54.6 Å². The van der Waals surface area contributed by atoms with Crippen molar-refractivity contribution in [2.45, 2.75) is 12.2 Å². The van der Waals surface area contributed by atoms with Crippen LogP contribution in [0.2, 0.25) is 0 Å². The van der Waals surface area contributed by atoms with E-state index in [0.29, 0.717) is 0 Å². The van der Waals surface area contributed by atoms with E-state index in [1.165, 1.54) is 0 Å². The smallest absolute Gasteiger partial charge is 0.110 e. The normalized spacial score (nSPS) is 14.3. The Morgan fingerprint density at radius 2 is 1.35 bits per heavy atom. The van der Waals surface area contributed by atoms with Gasteiger partial charge in [-0.3, -0.25) is 0 Å². The molecule has 2 rings (SSSR count). The van der Waals surface area contributed by atoms with Crippen LogP contribution in [0.3, 0.4) is 0 Å². The van der Waals surface area contributed by atoms with Crippen LogP contribution in [0, 0.1) is 3.57 Å². The topological polar surface area (TPSA) is 40.5 Å². The summed E-state index contributed by atoms with van der Waals surface area (Å²) in [6.07, 6.45) is -1.79. The summed E-state index contributed by atoms with van der Waals surface area (Å²) in [4.78, 5) is 0. The number of aliphatic hydroxyl groups is 2. The van der Waals surface area contributed by atoms with Crippen molar-refractivity contribution in [3.05, 3.63) is 69.3 Å². The summed E-state index contributed by atoms with van der Waals surface area (Å²) in [7, 11) is 0. The van der Waals surface area contributed by atoms with Gasteiger partial charge in [-0.15, -0.1) is 0 Å². The summed E-state index contributed by atoms with van der Waals surface area (Å²) in [5.41, 5.74) is 1.48. The fraction of sp³-hybridized carbons (Fsp3) is 0.143. The van der Waals surface area contributed by atoms with Crippen LogP contribution in [0.5, 0.6) is 0 Å². The lowest BCUT2D eigenvalue weighted by molar-refractivity contribution is 0.0167. The molecule has 17 heavy (non-hydrogen) atoms. The molecule has 0 fully saturated rings. The van der Waals surface area contributed by atoms with E-state index in [9.17, 15) is 10.2 Å². The highest BCUT2D eigenvalue weighted by atomic mass is 127. The Balaban J connectivity index is 2.27. The predicted molar refractivity (Wildman–Crippen MR) is 75.5 cm³/mol. The Morgan fingerprint density at radius 1 is 0.765 bits per heavy atom. The Morgan fingerprint density at radius 3 is 2.00 bits per heavy atom. The van der Waals surface area contributed by atoms with Crippen LogP contribution >= 0.6 is 22.6 Å². The number of rotatable bonds is 3. The van der Waals surface area contributed by atoms with Crippen LogP contribution in [-0.2, 0) is 0 Å². The molecule has 0 saturated heterocycles. The molecule has 0 heterocycles. The molecular weight excluding hydrogens is 327 g/mol. The number of halogens is 1. The predicted octanol–water partition coefficient (Wildman–Crippen LogP) is 3.06. The van der Waals surface area contributed by atoms with Crippen molar-refractivity contribution in [2.24, 2.45) is 0 Å². The molecule has 0 aromatic heterocycles. The molecule has 0 aliphatic rings. The van der Waals surface area contributed by atoms with E-state index in [2.05, 4.69) is 22.6 Å². The van der Waals surface area contributed by atoms with E-state index in [0.717, 1.165) is 14.7 Å². The van der Waals surface area contributed by atoms with Gasteiger partial charge in [-0.2, -0.15) is 0 Å². The first-order chi connectivity index (χ1) is 8.20. The van der Waals surface area contributed by atoms with Crippen molar-refractivity contribution in [3.8, 4) is 0 Å². The molecule has 0 spiro atoms. The maximum atomic E-state index is 10.2. The monoisotopic (exact) mass is 340 g/mol. The van der Waals surface area contributed by atoms with Crippen LogP contribution in [-0.4, -0.2) is 10.2 Å². The first kappa shape index (κ1) is 12.5. The summed E-state index contributed by atoms with van der Waals surface area (Å²) in [6, 6.07) is 16.7. The average molecular weight is 340 g/mol. The molecule has 0 radical (unpaired) electrons. The van der Waals surface area contributed by atoms with Gasteiger partial charge in [0.1, 0.15) is 12.2 Å². The molecule has 0 saturated carbocycles. The summed E-state index contributed by atoms with van der Waals surface area (Å²) < 4.78 is 0.951. The quantitative estimate of drug-likeness (QED) is 0.844. The SMILES string of the molecule is OC(c1ccccc1)C(O)c1ccccc1I. The molecular formula is C14H13IO2. The summed E-state index contributed by atoms with van der Waals surface area (Å²) in [5.74, 6) is 0. The van der Waals surface area contributed by atoms with Crippen molar-refractivity contribution in [1.82, 2.24) is 0 Å². The van der Waals surface area contributed by atoms with Crippen molar-refractivity contribution in [1.29, 1.82) is 0 Å². The average Bonchev–Trinajstić information content (AvgIpc) is 2.39. The molecule has 2 N–H and O–H groups in total.